The highest BCUT2D eigenvalue weighted by atomic mass is 16.5. The maximum absolute atomic E-state index is 11.3. The van der Waals surface area contributed by atoms with Gasteiger partial charge in [0.1, 0.15) is 6.61 Å². The molecule has 1 aliphatic carbocycles. The molecule has 1 aliphatic rings. The lowest BCUT2D eigenvalue weighted by atomic mass is 9.86. The number of hydrogen-bond acceptors (Lipinski definition) is 3. The predicted octanol–water partition coefficient (Wildman–Crippen LogP) is 0.784. The van der Waals surface area contributed by atoms with Crippen LogP contribution in [0.1, 0.15) is 32.6 Å². The molecular formula is C11H19NO4. The number of carbonyl (C=O) groups excluding carboxylic acids is 1. The van der Waals surface area contributed by atoms with Gasteiger partial charge in [-0.3, -0.25) is 9.59 Å². The van der Waals surface area contributed by atoms with Gasteiger partial charge in [-0.15, -0.1) is 0 Å². The van der Waals surface area contributed by atoms with E-state index in [4.69, 9.17) is 4.74 Å². The second kappa shape index (κ2) is 5.84. The van der Waals surface area contributed by atoms with Gasteiger partial charge in [0.2, 0.25) is 5.91 Å². The minimum atomic E-state index is -0.804. The summed E-state index contributed by atoms with van der Waals surface area (Å²) in [5, 5.41) is 11.8. The van der Waals surface area contributed by atoms with E-state index in [1.807, 2.05) is 6.92 Å². The number of carboxylic acid groups (broad SMARTS) is 1. The third kappa shape index (κ3) is 3.20. The summed E-state index contributed by atoms with van der Waals surface area (Å²) in [5.74, 6) is -1.05. The molecule has 2 N–H and O–H groups in total. The van der Waals surface area contributed by atoms with Crippen LogP contribution in [0, 0.1) is 5.41 Å². The van der Waals surface area contributed by atoms with Crippen molar-refractivity contribution in [2.75, 3.05) is 19.8 Å². The van der Waals surface area contributed by atoms with Crippen molar-refractivity contribution < 1.29 is 19.4 Å². The third-order valence-electron chi connectivity index (χ3n) is 3.08. The molecule has 16 heavy (non-hydrogen) atoms. The van der Waals surface area contributed by atoms with Crippen LogP contribution < -0.4 is 5.32 Å². The fourth-order valence-electron chi connectivity index (χ4n) is 2.03. The van der Waals surface area contributed by atoms with Gasteiger partial charge in [-0.2, -0.15) is 0 Å². The molecule has 0 aromatic rings. The van der Waals surface area contributed by atoms with E-state index in [1.54, 1.807) is 0 Å². The molecule has 0 aliphatic heterocycles. The van der Waals surface area contributed by atoms with Gasteiger partial charge in [0.05, 0.1) is 5.41 Å². The number of aliphatic carboxylic acids is 1. The van der Waals surface area contributed by atoms with E-state index >= 15 is 0 Å². The summed E-state index contributed by atoms with van der Waals surface area (Å²) in [6.45, 7) is 2.51. The third-order valence-corrected chi connectivity index (χ3v) is 3.08. The van der Waals surface area contributed by atoms with E-state index in [-0.39, 0.29) is 19.1 Å². The van der Waals surface area contributed by atoms with E-state index in [2.05, 4.69) is 5.32 Å². The van der Waals surface area contributed by atoms with Crippen LogP contribution in [0.5, 0.6) is 0 Å². The fraction of sp³-hybridized carbons (Fsp3) is 0.818. The Balaban J connectivity index is 2.39. The average Bonchev–Trinajstić information content (AvgIpc) is 2.73. The molecule has 0 unspecified atom stereocenters. The molecule has 0 radical (unpaired) electrons. The highest BCUT2D eigenvalue weighted by molar-refractivity contribution is 5.80. The summed E-state index contributed by atoms with van der Waals surface area (Å²) >= 11 is 0. The van der Waals surface area contributed by atoms with Gasteiger partial charge in [-0.05, 0) is 19.8 Å². The monoisotopic (exact) mass is 229 g/mol. The van der Waals surface area contributed by atoms with Gasteiger partial charge in [0.25, 0.3) is 0 Å². The maximum Gasteiger partial charge on any atom is 0.311 e. The van der Waals surface area contributed by atoms with Crippen molar-refractivity contribution in [1.29, 1.82) is 0 Å². The molecule has 0 spiro atoms. The fourth-order valence-corrected chi connectivity index (χ4v) is 2.03. The number of carbonyl (C=O) groups is 2. The highest BCUT2D eigenvalue weighted by Gasteiger charge is 2.41. The van der Waals surface area contributed by atoms with Crippen molar-refractivity contribution >= 4 is 11.9 Å². The molecule has 0 heterocycles. The molecule has 1 fully saturated rings. The first-order valence-corrected chi connectivity index (χ1v) is 5.68. The highest BCUT2D eigenvalue weighted by Crippen LogP contribution is 2.37. The molecule has 0 saturated heterocycles. The first kappa shape index (κ1) is 13.0. The number of carboxylic acids is 1. The summed E-state index contributed by atoms with van der Waals surface area (Å²) in [4.78, 5) is 22.5. The average molecular weight is 229 g/mol. The van der Waals surface area contributed by atoms with Crippen molar-refractivity contribution in [2.24, 2.45) is 5.41 Å². The maximum atomic E-state index is 11.3. The van der Waals surface area contributed by atoms with Gasteiger partial charge in [-0.25, -0.2) is 0 Å². The van der Waals surface area contributed by atoms with Crippen molar-refractivity contribution in [2.45, 2.75) is 32.6 Å². The molecule has 92 valence electrons. The molecule has 1 saturated carbocycles. The Morgan fingerprint density at radius 2 is 2.00 bits per heavy atom. The summed E-state index contributed by atoms with van der Waals surface area (Å²) in [6, 6.07) is 0. The Morgan fingerprint density at radius 3 is 2.50 bits per heavy atom. The molecule has 5 heteroatoms. The zero-order chi connectivity index (χ0) is 12.0. The summed E-state index contributed by atoms with van der Waals surface area (Å²) in [6.07, 6.45) is 3.15. The van der Waals surface area contributed by atoms with Crippen LogP contribution >= 0.6 is 0 Å². The van der Waals surface area contributed by atoms with Crippen LogP contribution in [0.15, 0.2) is 0 Å². The molecule has 5 nitrogen and oxygen atoms in total. The van der Waals surface area contributed by atoms with Crippen LogP contribution in [0.2, 0.25) is 0 Å². The van der Waals surface area contributed by atoms with Gasteiger partial charge in [0.15, 0.2) is 0 Å². The summed E-state index contributed by atoms with van der Waals surface area (Å²) in [5.41, 5.74) is -0.748. The van der Waals surface area contributed by atoms with Crippen LogP contribution in [0.3, 0.4) is 0 Å². The van der Waals surface area contributed by atoms with Gasteiger partial charge in [-0.1, -0.05) is 12.8 Å². The molecular weight excluding hydrogens is 210 g/mol. The number of hydrogen-bond donors (Lipinski definition) is 2. The standard InChI is InChI=1S/C11H19NO4/c1-2-16-7-9(13)12-8-11(10(14)15)5-3-4-6-11/h2-8H2,1H3,(H,12,13)(H,14,15). The molecule has 0 bridgehead atoms. The van der Waals surface area contributed by atoms with Crippen LogP contribution in [0.4, 0.5) is 0 Å². The minimum Gasteiger partial charge on any atom is -0.481 e. The van der Waals surface area contributed by atoms with E-state index in [0.717, 1.165) is 12.8 Å². The van der Waals surface area contributed by atoms with E-state index < -0.39 is 11.4 Å². The predicted molar refractivity (Wildman–Crippen MR) is 58.0 cm³/mol. The number of ether oxygens (including phenoxy) is 1. The number of rotatable bonds is 6. The molecule has 0 aromatic heterocycles. The van der Waals surface area contributed by atoms with Crippen molar-refractivity contribution in [1.82, 2.24) is 5.32 Å². The lowest BCUT2D eigenvalue weighted by molar-refractivity contribution is -0.148. The lowest BCUT2D eigenvalue weighted by Crippen LogP contribution is -2.42. The van der Waals surface area contributed by atoms with Gasteiger partial charge in [0, 0.05) is 13.2 Å². The number of nitrogens with one attached hydrogen (secondary N) is 1. The quantitative estimate of drug-likeness (QED) is 0.706. The van der Waals surface area contributed by atoms with E-state index in [0.29, 0.717) is 19.4 Å². The van der Waals surface area contributed by atoms with Crippen molar-refractivity contribution in [3.05, 3.63) is 0 Å². The Hall–Kier alpha value is -1.10. The van der Waals surface area contributed by atoms with E-state index in [9.17, 15) is 14.7 Å². The molecule has 0 aromatic carbocycles. The second-order valence-electron chi connectivity index (χ2n) is 4.21. The molecule has 1 amide bonds. The summed E-state index contributed by atoms with van der Waals surface area (Å²) < 4.78 is 4.94. The smallest absolute Gasteiger partial charge is 0.311 e. The Bertz CT molecular complexity index is 259. The number of amides is 1. The van der Waals surface area contributed by atoms with Crippen molar-refractivity contribution in [3.8, 4) is 0 Å². The first-order valence-electron chi connectivity index (χ1n) is 5.68. The molecule has 0 atom stereocenters. The minimum absolute atomic E-state index is 0.00615. The SMILES string of the molecule is CCOCC(=O)NCC1(C(=O)O)CCCC1. The summed E-state index contributed by atoms with van der Waals surface area (Å²) in [7, 11) is 0. The van der Waals surface area contributed by atoms with Crippen LogP contribution in [-0.4, -0.2) is 36.7 Å². The van der Waals surface area contributed by atoms with Crippen molar-refractivity contribution in [3.63, 3.8) is 0 Å². The van der Waals surface area contributed by atoms with Gasteiger partial charge >= 0.3 is 5.97 Å². The Kier molecular flexibility index (Phi) is 4.73. The Labute approximate surface area is 95.2 Å². The van der Waals surface area contributed by atoms with Gasteiger partial charge < -0.3 is 15.2 Å². The van der Waals surface area contributed by atoms with Crippen LogP contribution in [0.25, 0.3) is 0 Å². The normalized spacial score (nSPS) is 18.3. The largest absolute Gasteiger partial charge is 0.481 e. The molecule has 1 rings (SSSR count). The zero-order valence-corrected chi connectivity index (χ0v) is 9.62. The van der Waals surface area contributed by atoms with E-state index in [1.165, 1.54) is 0 Å². The second-order valence-corrected chi connectivity index (χ2v) is 4.21. The zero-order valence-electron chi connectivity index (χ0n) is 9.62. The topological polar surface area (TPSA) is 75.6 Å². The lowest BCUT2D eigenvalue weighted by Gasteiger charge is -2.23. The van der Waals surface area contributed by atoms with Crippen LogP contribution in [-0.2, 0) is 14.3 Å². The first-order chi connectivity index (χ1) is 7.60. The Morgan fingerprint density at radius 1 is 1.38 bits per heavy atom.